The number of amides is 2. The molecule has 0 N–H and O–H groups in total. The molecule has 1 heterocycles. The van der Waals surface area contributed by atoms with Gasteiger partial charge in [0, 0.05) is 32.5 Å². The maximum atomic E-state index is 13.1. The summed E-state index contributed by atoms with van der Waals surface area (Å²) in [6, 6.07) is 12.1. The smallest absolute Gasteiger partial charge is 0.243 e. The molecule has 3 rings (SSSR count). The summed E-state index contributed by atoms with van der Waals surface area (Å²) in [6.45, 7) is 5.18. The highest BCUT2D eigenvalue weighted by Gasteiger charge is 2.43. The third-order valence-corrected chi connectivity index (χ3v) is 7.47. The molecule has 0 aliphatic carbocycles. The molecule has 7 nitrogen and oxygen atoms in total. The van der Waals surface area contributed by atoms with E-state index in [-0.39, 0.29) is 23.3 Å². The molecule has 1 aliphatic heterocycles. The summed E-state index contributed by atoms with van der Waals surface area (Å²) in [6.07, 6.45) is 0. The van der Waals surface area contributed by atoms with Crippen LogP contribution < -0.4 is 9.80 Å². The number of hydrogen-bond acceptors (Lipinski definition) is 4. The zero-order chi connectivity index (χ0) is 22.4. The quantitative estimate of drug-likeness (QED) is 0.732. The topological polar surface area (TPSA) is 78.0 Å². The summed E-state index contributed by atoms with van der Waals surface area (Å²) >= 11 is 0. The maximum Gasteiger partial charge on any atom is 0.243 e. The highest BCUT2D eigenvalue weighted by Crippen LogP contribution is 2.41. The average molecular weight is 430 g/mol. The van der Waals surface area contributed by atoms with Gasteiger partial charge in [0.1, 0.15) is 0 Å². The Morgan fingerprint density at radius 2 is 1.77 bits per heavy atom. The Labute approximate surface area is 177 Å². The van der Waals surface area contributed by atoms with E-state index in [0.717, 1.165) is 9.87 Å². The first kappa shape index (κ1) is 22.0. The van der Waals surface area contributed by atoms with Gasteiger partial charge >= 0.3 is 0 Å². The Hall–Kier alpha value is -2.71. The summed E-state index contributed by atoms with van der Waals surface area (Å²) in [5.74, 6) is -0.432. The molecule has 0 spiro atoms. The lowest BCUT2D eigenvalue weighted by Crippen LogP contribution is -2.39. The van der Waals surface area contributed by atoms with Crippen molar-refractivity contribution in [1.82, 2.24) is 4.31 Å². The SMILES string of the molecule is Cc1cccc(N(C)C(=O)CN(C)S(=O)(=O)c2ccc3c(c2)C(C)(C)C(=O)N3C)c1. The van der Waals surface area contributed by atoms with Crippen molar-refractivity contribution in [3.8, 4) is 0 Å². The van der Waals surface area contributed by atoms with E-state index in [1.165, 1.54) is 29.0 Å². The van der Waals surface area contributed by atoms with Crippen LogP contribution in [0.1, 0.15) is 25.0 Å². The van der Waals surface area contributed by atoms with Gasteiger partial charge in [0.15, 0.2) is 0 Å². The highest BCUT2D eigenvalue weighted by molar-refractivity contribution is 7.89. The fourth-order valence-electron chi connectivity index (χ4n) is 3.65. The maximum absolute atomic E-state index is 13.1. The molecule has 0 unspecified atom stereocenters. The molecule has 0 atom stereocenters. The zero-order valence-electron chi connectivity index (χ0n) is 18.1. The van der Waals surface area contributed by atoms with Crippen molar-refractivity contribution in [2.45, 2.75) is 31.1 Å². The second kappa shape index (κ2) is 7.52. The van der Waals surface area contributed by atoms with E-state index in [2.05, 4.69) is 0 Å². The number of hydrogen-bond donors (Lipinski definition) is 0. The molecule has 160 valence electrons. The van der Waals surface area contributed by atoms with Gasteiger partial charge in [-0.2, -0.15) is 4.31 Å². The second-order valence-corrected chi connectivity index (χ2v) is 10.3. The van der Waals surface area contributed by atoms with Crippen molar-refractivity contribution in [3.63, 3.8) is 0 Å². The van der Waals surface area contributed by atoms with Crippen molar-refractivity contribution >= 4 is 33.2 Å². The molecule has 1 aliphatic rings. The minimum absolute atomic E-state index is 0.0610. The van der Waals surface area contributed by atoms with Crippen LogP contribution in [-0.4, -0.2) is 52.2 Å². The van der Waals surface area contributed by atoms with Crippen molar-refractivity contribution in [2.24, 2.45) is 0 Å². The Morgan fingerprint density at radius 3 is 2.40 bits per heavy atom. The van der Waals surface area contributed by atoms with E-state index < -0.39 is 15.4 Å². The predicted octanol–water partition coefficient (Wildman–Crippen LogP) is 2.53. The predicted molar refractivity (Wildman–Crippen MR) is 117 cm³/mol. The van der Waals surface area contributed by atoms with Crippen molar-refractivity contribution in [2.75, 3.05) is 37.5 Å². The van der Waals surface area contributed by atoms with Gasteiger partial charge in [0.25, 0.3) is 0 Å². The summed E-state index contributed by atoms with van der Waals surface area (Å²) < 4.78 is 27.3. The molecule has 0 saturated carbocycles. The minimum Gasteiger partial charge on any atom is -0.314 e. The monoisotopic (exact) mass is 429 g/mol. The third kappa shape index (κ3) is 3.61. The molecule has 30 heavy (non-hydrogen) atoms. The summed E-state index contributed by atoms with van der Waals surface area (Å²) in [7, 11) is 0.772. The molecule has 0 aromatic heterocycles. The largest absolute Gasteiger partial charge is 0.314 e. The van der Waals surface area contributed by atoms with Gasteiger partial charge in [-0.1, -0.05) is 12.1 Å². The molecule has 2 amide bonds. The standard InChI is InChI=1S/C22H27N3O4S/c1-15-8-7-9-16(12-15)24(5)20(26)14-23(4)30(28,29)17-10-11-19-18(13-17)22(2,3)21(27)25(19)6/h7-13H,14H2,1-6H3. The molecule has 8 heteroatoms. The lowest BCUT2D eigenvalue weighted by atomic mass is 9.86. The lowest BCUT2D eigenvalue weighted by Gasteiger charge is -2.23. The highest BCUT2D eigenvalue weighted by atomic mass is 32.2. The second-order valence-electron chi connectivity index (χ2n) is 8.22. The molecule has 0 bridgehead atoms. The molecule has 0 saturated heterocycles. The van der Waals surface area contributed by atoms with E-state index in [4.69, 9.17) is 0 Å². The molecule has 0 radical (unpaired) electrons. The van der Waals surface area contributed by atoms with Crippen LogP contribution in [0.5, 0.6) is 0 Å². The lowest BCUT2D eigenvalue weighted by molar-refractivity contribution is -0.121. The Bertz CT molecular complexity index is 1120. The first-order valence-corrected chi connectivity index (χ1v) is 11.0. The number of fused-ring (bicyclic) bond motifs is 1. The van der Waals surface area contributed by atoms with Crippen molar-refractivity contribution < 1.29 is 18.0 Å². The number of rotatable bonds is 5. The van der Waals surface area contributed by atoms with E-state index in [1.807, 2.05) is 25.1 Å². The molecule has 2 aromatic carbocycles. The van der Waals surface area contributed by atoms with E-state index in [1.54, 1.807) is 40.1 Å². The van der Waals surface area contributed by atoms with Gasteiger partial charge in [0.2, 0.25) is 21.8 Å². The van der Waals surface area contributed by atoms with Gasteiger partial charge < -0.3 is 9.80 Å². The fourth-order valence-corrected chi connectivity index (χ4v) is 4.80. The van der Waals surface area contributed by atoms with Crippen molar-refractivity contribution in [3.05, 3.63) is 53.6 Å². The van der Waals surface area contributed by atoms with E-state index in [9.17, 15) is 18.0 Å². The number of aryl methyl sites for hydroxylation is 1. The Balaban J connectivity index is 1.85. The van der Waals surface area contributed by atoms with Gasteiger partial charge in [-0.25, -0.2) is 8.42 Å². The van der Waals surface area contributed by atoms with Crippen LogP contribution in [0.25, 0.3) is 0 Å². The number of anilines is 2. The summed E-state index contributed by atoms with van der Waals surface area (Å²) in [5.41, 5.74) is 2.25. The van der Waals surface area contributed by atoms with Gasteiger partial charge in [-0.15, -0.1) is 0 Å². The third-order valence-electron chi connectivity index (χ3n) is 5.67. The van der Waals surface area contributed by atoms with Crippen molar-refractivity contribution in [1.29, 1.82) is 0 Å². The van der Waals surface area contributed by atoms with Crippen LogP contribution >= 0.6 is 0 Å². The van der Waals surface area contributed by atoms with Gasteiger partial charge in [-0.3, -0.25) is 9.59 Å². The van der Waals surface area contributed by atoms with Crippen LogP contribution in [-0.2, 0) is 25.0 Å². The van der Waals surface area contributed by atoms with Crippen LogP contribution in [0.15, 0.2) is 47.4 Å². The van der Waals surface area contributed by atoms with Gasteiger partial charge in [-0.05, 0) is 62.2 Å². The first-order chi connectivity index (χ1) is 13.9. The van der Waals surface area contributed by atoms with Crippen LogP contribution in [0.2, 0.25) is 0 Å². The average Bonchev–Trinajstić information content (AvgIpc) is 2.87. The Kier molecular flexibility index (Phi) is 5.51. The van der Waals surface area contributed by atoms with E-state index >= 15 is 0 Å². The number of carbonyl (C=O) groups excluding carboxylic acids is 2. The molecular weight excluding hydrogens is 402 g/mol. The molecule has 2 aromatic rings. The summed E-state index contributed by atoms with van der Waals surface area (Å²) in [5, 5.41) is 0. The number of likely N-dealkylation sites (N-methyl/N-ethyl adjacent to an activating group) is 3. The number of benzene rings is 2. The summed E-state index contributed by atoms with van der Waals surface area (Å²) in [4.78, 5) is 28.2. The van der Waals surface area contributed by atoms with Gasteiger partial charge in [0.05, 0.1) is 16.9 Å². The van der Waals surface area contributed by atoms with Crippen LogP contribution in [0.3, 0.4) is 0 Å². The first-order valence-electron chi connectivity index (χ1n) is 9.59. The number of sulfonamides is 1. The molecule has 0 fully saturated rings. The van der Waals surface area contributed by atoms with Crippen LogP contribution in [0.4, 0.5) is 11.4 Å². The minimum atomic E-state index is -3.91. The normalized spacial score (nSPS) is 15.4. The van der Waals surface area contributed by atoms with Crippen LogP contribution in [0, 0.1) is 6.92 Å². The number of carbonyl (C=O) groups is 2. The fraction of sp³-hybridized carbons (Fsp3) is 0.364. The number of nitrogens with zero attached hydrogens (tertiary/aromatic N) is 3. The van der Waals surface area contributed by atoms with E-state index in [0.29, 0.717) is 16.9 Å². The Morgan fingerprint density at radius 1 is 1.10 bits per heavy atom. The zero-order valence-corrected chi connectivity index (χ0v) is 18.9. The molecular formula is C22H27N3O4S.